The first-order valence-corrected chi connectivity index (χ1v) is 10.0. The summed E-state index contributed by atoms with van der Waals surface area (Å²) in [6.45, 7) is 2.99. The van der Waals surface area contributed by atoms with Crippen molar-refractivity contribution in [2.45, 2.75) is 16.2 Å². The van der Waals surface area contributed by atoms with Gasteiger partial charge in [0.05, 0.1) is 5.02 Å². The second-order valence-corrected chi connectivity index (χ2v) is 8.00. The summed E-state index contributed by atoms with van der Waals surface area (Å²) in [5.41, 5.74) is 4.00. The summed E-state index contributed by atoms with van der Waals surface area (Å²) >= 11 is 9.23. The van der Waals surface area contributed by atoms with Crippen LogP contribution in [0, 0.1) is 0 Å². The van der Waals surface area contributed by atoms with Gasteiger partial charge in [0.1, 0.15) is 5.51 Å². The highest BCUT2D eigenvalue weighted by molar-refractivity contribution is 8.01. The lowest BCUT2D eigenvalue weighted by molar-refractivity contribution is 0.102. The lowest BCUT2D eigenvalue weighted by Gasteiger charge is -2.16. The maximum absolute atomic E-state index is 12.4. The number of carbonyl (C=O) groups is 1. The van der Waals surface area contributed by atoms with E-state index in [1.54, 1.807) is 11.6 Å². The van der Waals surface area contributed by atoms with Gasteiger partial charge in [-0.05, 0) is 49.4 Å². The number of hydrogen-bond acceptors (Lipinski definition) is 6. The average molecular weight is 405 g/mol. The van der Waals surface area contributed by atoms with E-state index in [-0.39, 0.29) is 5.91 Å². The topological polar surface area (TPSA) is 58.1 Å². The average Bonchev–Trinajstić information content (AvgIpc) is 3.16. The third kappa shape index (κ3) is 4.55. The SMILES string of the molecule is CCN(C)c1ccc(C(=O)Nc2ccc(Sc3nncs3)c(Cl)c2)cc1. The molecule has 0 spiro atoms. The molecule has 3 aromatic rings. The van der Waals surface area contributed by atoms with Crippen molar-refractivity contribution < 1.29 is 4.79 Å². The molecule has 1 amide bonds. The molecule has 0 bridgehead atoms. The molecule has 26 heavy (non-hydrogen) atoms. The fourth-order valence-electron chi connectivity index (χ4n) is 2.22. The highest BCUT2D eigenvalue weighted by Crippen LogP contribution is 2.35. The summed E-state index contributed by atoms with van der Waals surface area (Å²) < 4.78 is 0.820. The summed E-state index contributed by atoms with van der Waals surface area (Å²) in [6.07, 6.45) is 0. The molecule has 0 saturated carbocycles. The van der Waals surface area contributed by atoms with Gasteiger partial charge in [0.2, 0.25) is 0 Å². The molecule has 0 radical (unpaired) electrons. The van der Waals surface area contributed by atoms with E-state index in [4.69, 9.17) is 11.6 Å². The highest BCUT2D eigenvalue weighted by atomic mass is 35.5. The predicted octanol–water partition coefficient (Wildman–Crippen LogP) is 5.05. The van der Waals surface area contributed by atoms with Crippen molar-refractivity contribution in [2.24, 2.45) is 0 Å². The third-order valence-corrected chi connectivity index (χ3v) is 6.05. The van der Waals surface area contributed by atoms with Gasteiger partial charge in [-0.1, -0.05) is 34.7 Å². The number of nitrogens with one attached hydrogen (secondary N) is 1. The van der Waals surface area contributed by atoms with Crippen molar-refractivity contribution in [1.29, 1.82) is 0 Å². The van der Waals surface area contributed by atoms with Crippen molar-refractivity contribution in [3.8, 4) is 0 Å². The number of aromatic nitrogens is 2. The standard InChI is InChI=1S/C18H17ClN4OS2/c1-3-23(2)14-7-4-12(5-8-14)17(24)21-13-6-9-16(15(19)10-13)26-18-22-20-11-25-18/h4-11H,3H2,1-2H3,(H,21,24). The number of carbonyl (C=O) groups excluding carboxylic acids is 1. The van der Waals surface area contributed by atoms with Crippen LogP contribution in [0.5, 0.6) is 0 Å². The van der Waals surface area contributed by atoms with E-state index in [0.717, 1.165) is 21.5 Å². The van der Waals surface area contributed by atoms with Gasteiger partial charge in [-0.3, -0.25) is 4.79 Å². The van der Waals surface area contributed by atoms with E-state index in [2.05, 4.69) is 27.3 Å². The van der Waals surface area contributed by atoms with Gasteiger partial charge in [0, 0.05) is 35.4 Å². The Morgan fingerprint density at radius 1 is 1.27 bits per heavy atom. The second-order valence-electron chi connectivity index (χ2n) is 5.47. The molecule has 0 atom stereocenters. The molecular formula is C18H17ClN4OS2. The van der Waals surface area contributed by atoms with Crippen molar-refractivity contribution in [2.75, 3.05) is 23.8 Å². The molecule has 0 aliphatic carbocycles. The highest BCUT2D eigenvalue weighted by Gasteiger charge is 2.10. The van der Waals surface area contributed by atoms with Crippen LogP contribution < -0.4 is 10.2 Å². The summed E-state index contributed by atoms with van der Waals surface area (Å²) in [7, 11) is 2.01. The van der Waals surface area contributed by atoms with Crippen LogP contribution in [-0.4, -0.2) is 29.7 Å². The van der Waals surface area contributed by atoms with Gasteiger partial charge >= 0.3 is 0 Å². The predicted molar refractivity (Wildman–Crippen MR) is 109 cm³/mol. The Bertz CT molecular complexity index is 885. The van der Waals surface area contributed by atoms with Crippen LogP contribution in [0.4, 0.5) is 11.4 Å². The first-order valence-electron chi connectivity index (χ1n) is 7.93. The number of rotatable bonds is 6. The molecule has 1 heterocycles. The first-order chi connectivity index (χ1) is 12.6. The Labute approximate surface area is 165 Å². The van der Waals surface area contributed by atoms with Crippen LogP contribution in [0.15, 0.2) is 57.2 Å². The minimum absolute atomic E-state index is 0.170. The maximum atomic E-state index is 12.4. The van der Waals surface area contributed by atoms with Crippen molar-refractivity contribution in [1.82, 2.24) is 10.2 Å². The van der Waals surface area contributed by atoms with E-state index in [1.807, 2.05) is 43.4 Å². The van der Waals surface area contributed by atoms with Crippen LogP contribution in [0.25, 0.3) is 0 Å². The quantitative estimate of drug-likeness (QED) is 0.622. The Hall–Kier alpha value is -2.09. The van der Waals surface area contributed by atoms with Crippen molar-refractivity contribution in [3.63, 3.8) is 0 Å². The lowest BCUT2D eigenvalue weighted by Crippen LogP contribution is -2.16. The Morgan fingerprint density at radius 3 is 2.65 bits per heavy atom. The zero-order valence-corrected chi connectivity index (χ0v) is 16.7. The number of hydrogen-bond donors (Lipinski definition) is 1. The van der Waals surface area contributed by atoms with Crippen LogP contribution in [0.1, 0.15) is 17.3 Å². The van der Waals surface area contributed by atoms with Crippen LogP contribution in [0.2, 0.25) is 5.02 Å². The van der Waals surface area contributed by atoms with Gasteiger partial charge in [0.25, 0.3) is 5.91 Å². The number of nitrogens with zero attached hydrogens (tertiary/aromatic N) is 3. The number of amides is 1. The fourth-order valence-corrected chi connectivity index (χ4v) is 3.95. The Kier molecular flexibility index (Phi) is 6.13. The van der Waals surface area contributed by atoms with Gasteiger partial charge < -0.3 is 10.2 Å². The normalized spacial score (nSPS) is 10.6. The van der Waals surface area contributed by atoms with Gasteiger partial charge in [0.15, 0.2) is 4.34 Å². The zero-order valence-electron chi connectivity index (χ0n) is 14.3. The minimum atomic E-state index is -0.170. The smallest absolute Gasteiger partial charge is 0.255 e. The van der Waals surface area contributed by atoms with Crippen LogP contribution >= 0.6 is 34.7 Å². The van der Waals surface area contributed by atoms with E-state index in [0.29, 0.717) is 16.3 Å². The molecule has 5 nitrogen and oxygen atoms in total. The first kappa shape index (κ1) is 18.7. The molecule has 1 aromatic heterocycles. The monoisotopic (exact) mass is 404 g/mol. The number of benzene rings is 2. The number of anilines is 2. The Balaban J connectivity index is 1.68. The number of halogens is 1. The molecule has 8 heteroatoms. The van der Waals surface area contributed by atoms with Gasteiger partial charge in [-0.25, -0.2) is 0 Å². The summed E-state index contributed by atoms with van der Waals surface area (Å²) in [5.74, 6) is -0.170. The zero-order chi connectivity index (χ0) is 18.5. The van der Waals surface area contributed by atoms with E-state index in [9.17, 15) is 4.79 Å². The molecular weight excluding hydrogens is 388 g/mol. The summed E-state index contributed by atoms with van der Waals surface area (Å²) in [6, 6.07) is 12.9. The minimum Gasteiger partial charge on any atom is -0.375 e. The summed E-state index contributed by atoms with van der Waals surface area (Å²) in [5, 5.41) is 11.2. The molecule has 0 saturated heterocycles. The van der Waals surface area contributed by atoms with Gasteiger partial charge in [-0.2, -0.15) is 0 Å². The molecule has 1 N–H and O–H groups in total. The molecule has 134 valence electrons. The molecule has 3 rings (SSSR count). The second kappa shape index (κ2) is 8.53. The van der Waals surface area contributed by atoms with Crippen LogP contribution in [0.3, 0.4) is 0 Å². The van der Waals surface area contributed by atoms with Crippen molar-refractivity contribution in [3.05, 3.63) is 58.6 Å². The maximum Gasteiger partial charge on any atom is 0.255 e. The lowest BCUT2D eigenvalue weighted by atomic mass is 10.2. The van der Waals surface area contributed by atoms with E-state index in [1.165, 1.54) is 23.1 Å². The van der Waals surface area contributed by atoms with E-state index >= 15 is 0 Å². The molecule has 0 unspecified atom stereocenters. The van der Waals surface area contributed by atoms with E-state index < -0.39 is 0 Å². The molecule has 2 aromatic carbocycles. The van der Waals surface area contributed by atoms with Crippen molar-refractivity contribution >= 4 is 52.0 Å². The fraction of sp³-hybridized carbons (Fsp3) is 0.167. The summed E-state index contributed by atoms with van der Waals surface area (Å²) in [4.78, 5) is 15.4. The third-order valence-electron chi connectivity index (χ3n) is 3.77. The van der Waals surface area contributed by atoms with Crippen LogP contribution in [-0.2, 0) is 0 Å². The molecule has 0 aliphatic rings. The van der Waals surface area contributed by atoms with Gasteiger partial charge in [-0.15, -0.1) is 10.2 Å². The molecule has 0 aliphatic heterocycles. The molecule has 0 fully saturated rings. The largest absolute Gasteiger partial charge is 0.375 e. The Morgan fingerprint density at radius 2 is 2.04 bits per heavy atom.